The topological polar surface area (TPSA) is 114 Å². The summed E-state index contributed by atoms with van der Waals surface area (Å²) < 4.78 is 4.61. The number of aromatic hydroxyl groups is 1. The van der Waals surface area contributed by atoms with Gasteiger partial charge in [0.15, 0.2) is 0 Å². The van der Waals surface area contributed by atoms with Crippen molar-refractivity contribution in [1.82, 2.24) is 0 Å². The zero-order valence-electron chi connectivity index (χ0n) is 15.5. The van der Waals surface area contributed by atoms with E-state index in [2.05, 4.69) is 30.1 Å². The van der Waals surface area contributed by atoms with Crippen molar-refractivity contribution in [3.8, 4) is 5.75 Å². The van der Waals surface area contributed by atoms with Crippen LogP contribution in [0.2, 0.25) is 0 Å². The molecule has 148 valence electrons. The third-order valence-corrected chi connectivity index (χ3v) is 4.34. The summed E-state index contributed by atoms with van der Waals surface area (Å²) in [6.45, 7) is 1.92. The van der Waals surface area contributed by atoms with Crippen LogP contribution in [0, 0.1) is 6.92 Å². The van der Waals surface area contributed by atoms with Gasteiger partial charge in [-0.3, -0.25) is 5.43 Å². The van der Waals surface area contributed by atoms with Gasteiger partial charge in [0.2, 0.25) is 5.84 Å². The van der Waals surface area contributed by atoms with Crippen molar-refractivity contribution in [2.24, 2.45) is 21.2 Å². The Morgan fingerprint density at radius 2 is 1.79 bits per heavy atom. The zero-order valence-corrected chi connectivity index (χ0v) is 16.3. The van der Waals surface area contributed by atoms with Crippen molar-refractivity contribution < 1.29 is 14.4 Å². The number of hydrogen-bond acceptors (Lipinski definition) is 8. The minimum Gasteiger partial charge on any atom is -0.506 e. The van der Waals surface area contributed by atoms with Crippen LogP contribution in [-0.2, 0) is 9.32 Å². The summed E-state index contributed by atoms with van der Waals surface area (Å²) in [6.07, 6.45) is 0. The highest BCUT2D eigenvalue weighted by molar-refractivity contribution is 7.94. The van der Waals surface area contributed by atoms with E-state index in [1.54, 1.807) is 18.2 Å². The molecule has 9 heteroatoms. The Kier molecular flexibility index (Phi) is 7.31. The van der Waals surface area contributed by atoms with E-state index >= 15 is 0 Å². The molecule has 0 atom stereocenters. The maximum atomic E-state index is 9.98. The van der Waals surface area contributed by atoms with Crippen LogP contribution >= 0.6 is 12.0 Å². The largest absolute Gasteiger partial charge is 0.506 e. The summed E-state index contributed by atoms with van der Waals surface area (Å²) in [7, 11) is 0. The monoisotopic (exact) mass is 409 g/mol. The molecule has 3 aromatic carbocycles. The normalized spacial score (nSPS) is 11.7. The predicted molar refractivity (Wildman–Crippen MR) is 113 cm³/mol. The Morgan fingerprint density at radius 1 is 1.03 bits per heavy atom. The van der Waals surface area contributed by atoms with Gasteiger partial charge in [0.1, 0.15) is 11.4 Å². The highest BCUT2D eigenvalue weighted by Crippen LogP contribution is 2.27. The molecule has 3 aromatic rings. The smallest absolute Gasteiger partial charge is 0.201 e. The van der Waals surface area contributed by atoms with Crippen molar-refractivity contribution in [3.05, 3.63) is 83.9 Å². The number of amidine groups is 1. The molecule has 0 amide bonds. The lowest BCUT2D eigenvalue weighted by molar-refractivity contribution is -0.195. The molecule has 0 fully saturated rings. The minimum atomic E-state index is 0.0523. The standard InChI is InChI=1S/C20H19N5O3S/c1-14-7-12-19(26)18(13-14)23-25-20(15-5-3-2-4-6-15)24-22-16-8-10-17(11-9-16)29-28-27-21/h2-13,22,26H,21H2,1H3/b24-20+,25-23?. The Bertz CT molecular complexity index is 995. The first-order valence-corrected chi connectivity index (χ1v) is 9.30. The van der Waals surface area contributed by atoms with Gasteiger partial charge >= 0.3 is 0 Å². The van der Waals surface area contributed by atoms with Gasteiger partial charge in [-0.25, -0.2) is 0 Å². The lowest BCUT2D eigenvalue weighted by atomic mass is 10.2. The molecule has 4 N–H and O–H groups in total. The van der Waals surface area contributed by atoms with Gasteiger partial charge in [-0.1, -0.05) is 36.4 Å². The van der Waals surface area contributed by atoms with Crippen LogP contribution in [0.4, 0.5) is 11.4 Å². The molecular formula is C20H19N5O3S. The molecule has 0 spiro atoms. The number of benzene rings is 3. The molecule has 0 bridgehead atoms. The molecule has 29 heavy (non-hydrogen) atoms. The number of aryl methyl sites for hydroxylation is 1. The average molecular weight is 409 g/mol. The van der Waals surface area contributed by atoms with E-state index in [0.717, 1.165) is 33.8 Å². The van der Waals surface area contributed by atoms with Crippen LogP contribution in [0.3, 0.4) is 0 Å². The summed E-state index contributed by atoms with van der Waals surface area (Å²) in [5.41, 5.74) is 5.81. The number of hydrazone groups is 1. The van der Waals surface area contributed by atoms with Gasteiger partial charge in [0.25, 0.3) is 0 Å². The lowest BCUT2D eigenvalue weighted by Crippen LogP contribution is -2.01. The van der Waals surface area contributed by atoms with Gasteiger partial charge in [-0.05, 0) is 48.9 Å². The van der Waals surface area contributed by atoms with Crippen molar-refractivity contribution >= 4 is 29.3 Å². The van der Waals surface area contributed by atoms with E-state index < -0.39 is 0 Å². The number of nitrogens with zero attached hydrogens (tertiary/aromatic N) is 3. The highest BCUT2D eigenvalue weighted by Gasteiger charge is 2.05. The van der Waals surface area contributed by atoms with Crippen molar-refractivity contribution in [2.45, 2.75) is 11.8 Å². The molecule has 8 nitrogen and oxygen atoms in total. The van der Waals surface area contributed by atoms with Crippen molar-refractivity contribution in [1.29, 1.82) is 0 Å². The van der Waals surface area contributed by atoms with Crippen LogP contribution in [-0.4, -0.2) is 10.9 Å². The fourth-order valence-corrected chi connectivity index (χ4v) is 2.67. The minimum absolute atomic E-state index is 0.0523. The van der Waals surface area contributed by atoms with Crippen LogP contribution < -0.4 is 11.3 Å². The maximum Gasteiger partial charge on any atom is 0.201 e. The molecule has 0 saturated heterocycles. The molecule has 0 saturated carbocycles. The second kappa shape index (κ2) is 10.3. The molecule has 0 aliphatic heterocycles. The third-order valence-electron chi connectivity index (χ3n) is 3.73. The fourth-order valence-electron chi connectivity index (χ4n) is 2.31. The zero-order chi connectivity index (χ0) is 20.5. The van der Waals surface area contributed by atoms with Gasteiger partial charge in [-0.2, -0.15) is 11.0 Å². The van der Waals surface area contributed by atoms with Gasteiger partial charge < -0.3 is 5.11 Å². The van der Waals surface area contributed by atoms with Gasteiger partial charge in [0.05, 0.1) is 17.7 Å². The van der Waals surface area contributed by atoms with Gasteiger partial charge in [0, 0.05) is 10.5 Å². The van der Waals surface area contributed by atoms with Crippen molar-refractivity contribution in [2.75, 3.05) is 5.43 Å². The highest BCUT2D eigenvalue weighted by atomic mass is 32.2. The predicted octanol–water partition coefficient (Wildman–Crippen LogP) is 5.09. The van der Waals surface area contributed by atoms with E-state index in [1.165, 1.54) is 0 Å². The number of phenolic OH excluding ortho intramolecular Hbond substituents is 1. The van der Waals surface area contributed by atoms with Crippen LogP contribution in [0.5, 0.6) is 5.75 Å². The number of phenols is 1. The summed E-state index contributed by atoms with van der Waals surface area (Å²) in [5.74, 6) is 5.24. The molecular weight excluding hydrogens is 390 g/mol. The summed E-state index contributed by atoms with van der Waals surface area (Å²) >= 11 is 0.991. The van der Waals surface area contributed by atoms with Crippen LogP contribution in [0.25, 0.3) is 0 Å². The molecule has 0 unspecified atom stereocenters. The first kappa shape index (κ1) is 20.5. The molecule has 0 aliphatic carbocycles. The fraction of sp³-hybridized carbons (Fsp3) is 0.0500. The second-order valence-electron chi connectivity index (χ2n) is 5.88. The molecule has 0 aliphatic rings. The summed E-state index contributed by atoms with van der Waals surface area (Å²) in [6, 6.07) is 21.8. The third kappa shape index (κ3) is 6.13. The van der Waals surface area contributed by atoms with E-state index in [1.807, 2.05) is 61.5 Å². The van der Waals surface area contributed by atoms with E-state index in [-0.39, 0.29) is 5.75 Å². The van der Waals surface area contributed by atoms with Gasteiger partial charge in [-0.15, -0.1) is 19.6 Å². The Hall–Kier alpha value is -3.24. The number of azo groups is 1. The second-order valence-corrected chi connectivity index (χ2v) is 6.65. The average Bonchev–Trinajstić information content (AvgIpc) is 2.76. The van der Waals surface area contributed by atoms with Crippen molar-refractivity contribution in [3.63, 3.8) is 0 Å². The first-order valence-electron chi connectivity index (χ1n) is 8.56. The molecule has 3 rings (SSSR count). The first-order chi connectivity index (χ1) is 14.2. The number of nitrogens with two attached hydrogens (primary N) is 1. The summed E-state index contributed by atoms with van der Waals surface area (Å²) in [5, 5.41) is 22.7. The Balaban J connectivity index is 1.82. The van der Waals surface area contributed by atoms with Crippen LogP contribution in [0.15, 0.2) is 93.0 Å². The van der Waals surface area contributed by atoms with Crippen LogP contribution in [0.1, 0.15) is 11.1 Å². The van der Waals surface area contributed by atoms with E-state index in [0.29, 0.717) is 11.5 Å². The lowest BCUT2D eigenvalue weighted by Gasteiger charge is -2.05. The number of hydrogen-bond donors (Lipinski definition) is 3. The maximum absolute atomic E-state index is 9.98. The quantitative estimate of drug-likeness (QED) is 0.125. The SMILES string of the molecule is Cc1ccc(O)c(N=N/C(=N/Nc2ccc(SOON)cc2)c2ccccc2)c1. The molecule has 0 aromatic heterocycles. The molecule has 0 heterocycles. The number of nitrogens with one attached hydrogen (secondary N) is 1. The molecule has 0 radical (unpaired) electrons. The Morgan fingerprint density at radius 3 is 2.52 bits per heavy atom. The van der Waals surface area contributed by atoms with E-state index in [4.69, 9.17) is 5.90 Å². The summed E-state index contributed by atoms with van der Waals surface area (Å²) in [4.78, 5) is 4.88. The Labute approximate surface area is 172 Å². The number of anilines is 1. The van der Waals surface area contributed by atoms with E-state index in [9.17, 15) is 5.11 Å². The number of rotatable bonds is 7.